The molecule has 0 fully saturated rings. The zero-order valence-corrected chi connectivity index (χ0v) is 19.3. The second kappa shape index (κ2) is 9.42. The highest BCUT2D eigenvalue weighted by atomic mass is 35.5. The average Bonchev–Trinajstić information content (AvgIpc) is 2.83. The molecule has 0 aromatic heterocycles. The van der Waals surface area contributed by atoms with Crippen LogP contribution in [0.1, 0.15) is 6.42 Å². The van der Waals surface area contributed by atoms with Gasteiger partial charge < -0.3 is 24.6 Å². The molecule has 1 unspecified atom stereocenters. The van der Waals surface area contributed by atoms with E-state index < -0.39 is 6.04 Å². The lowest BCUT2D eigenvalue weighted by atomic mass is 10.0. The molecule has 4 rings (SSSR count). The SMILES string of the molecule is COc1cccc(OC)c1NC(=O)CC1C(=O)N(C)c2ccc(Cl)cc2N1c1ccccc1. The van der Waals surface area contributed by atoms with Crippen molar-refractivity contribution in [1.82, 2.24) is 0 Å². The van der Waals surface area contributed by atoms with Crippen LogP contribution in [-0.4, -0.2) is 39.1 Å². The van der Waals surface area contributed by atoms with Gasteiger partial charge in [-0.2, -0.15) is 0 Å². The van der Waals surface area contributed by atoms with Crippen LogP contribution in [0.2, 0.25) is 5.02 Å². The molecule has 7 nitrogen and oxygen atoms in total. The van der Waals surface area contributed by atoms with Gasteiger partial charge in [0.2, 0.25) is 11.8 Å². The molecular formula is C25H24ClN3O4. The van der Waals surface area contributed by atoms with Crippen LogP contribution < -0.4 is 24.6 Å². The lowest BCUT2D eigenvalue weighted by molar-refractivity contribution is -0.123. The van der Waals surface area contributed by atoms with Gasteiger partial charge in [0.1, 0.15) is 23.2 Å². The van der Waals surface area contributed by atoms with E-state index in [2.05, 4.69) is 5.32 Å². The van der Waals surface area contributed by atoms with Crippen molar-refractivity contribution in [2.24, 2.45) is 0 Å². The van der Waals surface area contributed by atoms with Gasteiger partial charge in [-0.15, -0.1) is 0 Å². The fourth-order valence-electron chi connectivity index (χ4n) is 4.02. The molecule has 1 N–H and O–H groups in total. The van der Waals surface area contributed by atoms with Crippen molar-refractivity contribution in [3.8, 4) is 11.5 Å². The highest BCUT2D eigenvalue weighted by Crippen LogP contribution is 2.42. The van der Waals surface area contributed by atoms with Crippen molar-refractivity contribution in [3.63, 3.8) is 0 Å². The Hall–Kier alpha value is -3.71. The van der Waals surface area contributed by atoms with Crippen molar-refractivity contribution in [3.05, 3.63) is 71.8 Å². The number of carbonyl (C=O) groups is 2. The van der Waals surface area contributed by atoms with Crippen LogP contribution in [0.4, 0.5) is 22.7 Å². The third kappa shape index (κ3) is 4.32. The molecular weight excluding hydrogens is 442 g/mol. The van der Waals surface area contributed by atoms with E-state index in [4.69, 9.17) is 21.1 Å². The second-order valence-electron chi connectivity index (χ2n) is 7.54. The fourth-order valence-corrected chi connectivity index (χ4v) is 4.19. The van der Waals surface area contributed by atoms with Crippen molar-refractivity contribution < 1.29 is 19.1 Å². The molecule has 33 heavy (non-hydrogen) atoms. The number of nitrogens with one attached hydrogen (secondary N) is 1. The summed E-state index contributed by atoms with van der Waals surface area (Å²) in [4.78, 5) is 30.0. The summed E-state index contributed by atoms with van der Waals surface area (Å²) in [5.41, 5.74) is 2.67. The first-order valence-electron chi connectivity index (χ1n) is 10.4. The fraction of sp³-hybridized carbons (Fsp3) is 0.200. The Morgan fingerprint density at radius 2 is 1.64 bits per heavy atom. The van der Waals surface area contributed by atoms with Crippen LogP contribution in [0.3, 0.4) is 0 Å². The molecule has 0 spiro atoms. The van der Waals surface area contributed by atoms with Crippen LogP contribution in [0.5, 0.6) is 11.5 Å². The topological polar surface area (TPSA) is 71.1 Å². The molecule has 3 aromatic carbocycles. The number of amides is 2. The normalized spacial score (nSPS) is 15.2. The molecule has 3 aromatic rings. The number of methoxy groups -OCH3 is 2. The zero-order valence-electron chi connectivity index (χ0n) is 18.5. The summed E-state index contributed by atoms with van der Waals surface area (Å²) in [6.07, 6.45) is -0.0920. The first-order valence-corrected chi connectivity index (χ1v) is 10.7. The highest BCUT2D eigenvalue weighted by Gasteiger charge is 2.39. The van der Waals surface area contributed by atoms with Crippen molar-refractivity contribution in [2.75, 3.05) is 36.4 Å². The summed E-state index contributed by atoms with van der Waals surface area (Å²) >= 11 is 6.30. The summed E-state index contributed by atoms with van der Waals surface area (Å²) in [6.45, 7) is 0. The predicted molar refractivity (Wildman–Crippen MR) is 130 cm³/mol. The van der Waals surface area contributed by atoms with Crippen LogP contribution in [0, 0.1) is 0 Å². The third-order valence-electron chi connectivity index (χ3n) is 5.59. The first-order chi connectivity index (χ1) is 15.9. The van der Waals surface area contributed by atoms with Gasteiger partial charge >= 0.3 is 0 Å². The van der Waals surface area contributed by atoms with Crippen molar-refractivity contribution in [2.45, 2.75) is 12.5 Å². The molecule has 2 amide bonds. The number of hydrogen-bond acceptors (Lipinski definition) is 5. The summed E-state index contributed by atoms with van der Waals surface area (Å²) in [5.74, 6) is 0.380. The number of nitrogens with zero attached hydrogens (tertiary/aromatic N) is 2. The molecule has 0 saturated heterocycles. The standard InChI is InChI=1S/C25H24ClN3O4/c1-28-18-13-12-16(26)14-19(18)29(17-8-5-4-6-9-17)20(25(28)31)15-23(30)27-24-21(32-2)10-7-11-22(24)33-3/h4-14,20H,15H2,1-3H3,(H,27,30). The number of likely N-dealkylation sites (N-methyl/N-ethyl adjacent to an activating group) is 1. The molecule has 1 aliphatic rings. The maximum Gasteiger partial charge on any atom is 0.250 e. The molecule has 170 valence electrons. The van der Waals surface area contributed by atoms with Gasteiger partial charge in [-0.25, -0.2) is 0 Å². The molecule has 1 atom stereocenters. The lowest BCUT2D eigenvalue weighted by Crippen LogP contribution is -2.51. The van der Waals surface area contributed by atoms with E-state index in [1.54, 1.807) is 42.3 Å². The van der Waals surface area contributed by atoms with Gasteiger partial charge in [-0.05, 0) is 42.5 Å². The first kappa shape index (κ1) is 22.5. The number of para-hydroxylation sites is 2. The van der Waals surface area contributed by atoms with Gasteiger partial charge in [0.25, 0.3) is 0 Å². The summed E-state index contributed by atoms with van der Waals surface area (Å²) in [6, 6.07) is 19.3. The minimum atomic E-state index is -0.774. The molecule has 1 aliphatic heterocycles. The number of carbonyl (C=O) groups excluding carboxylic acids is 2. The van der Waals surface area contributed by atoms with Crippen LogP contribution in [0.25, 0.3) is 0 Å². The zero-order chi connectivity index (χ0) is 23.5. The number of hydrogen-bond donors (Lipinski definition) is 1. The van der Waals surface area contributed by atoms with E-state index in [0.29, 0.717) is 22.2 Å². The van der Waals surface area contributed by atoms with Gasteiger partial charge in [0.15, 0.2) is 0 Å². The largest absolute Gasteiger partial charge is 0.494 e. The van der Waals surface area contributed by atoms with E-state index in [9.17, 15) is 9.59 Å². The molecule has 0 radical (unpaired) electrons. The lowest BCUT2D eigenvalue weighted by Gasteiger charge is -2.41. The molecule has 1 heterocycles. The molecule has 8 heteroatoms. The van der Waals surface area contributed by atoms with Crippen LogP contribution >= 0.6 is 11.6 Å². The quantitative estimate of drug-likeness (QED) is 0.562. The van der Waals surface area contributed by atoms with Crippen molar-refractivity contribution >= 4 is 46.2 Å². The van der Waals surface area contributed by atoms with Gasteiger partial charge in [-0.1, -0.05) is 35.9 Å². The maximum absolute atomic E-state index is 13.4. The Bertz CT molecular complexity index is 1160. The minimum absolute atomic E-state index is 0.0920. The van der Waals surface area contributed by atoms with Crippen molar-refractivity contribution in [1.29, 1.82) is 0 Å². The predicted octanol–water partition coefficient (Wildman–Crippen LogP) is 4.87. The summed E-state index contributed by atoms with van der Waals surface area (Å²) < 4.78 is 10.7. The Labute approximate surface area is 197 Å². The summed E-state index contributed by atoms with van der Waals surface area (Å²) in [5, 5.41) is 3.40. The smallest absolute Gasteiger partial charge is 0.250 e. The van der Waals surface area contributed by atoms with Gasteiger partial charge in [0, 0.05) is 17.8 Å². The molecule has 0 aliphatic carbocycles. The summed E-state index contributed by atoms with van der Waals surface area (Å²) in [7, 11) is 4.73. The Kier molecular flexibility index (Phi) is 6.42. The van der Waals surface area contributed by atoms with E-state index in [1.807, 2.05) is 41.3 Å². The highest BCUT2D eigenvalue weighted by molar-refractivity contribution is 6.31. The van der Waals surface area contributed by atoms with Gasteiger partial charge in [0.05, 0.1) is 32.0 Å². The van der Waals surface area contributed by atoms with Gasteiger partial charge in [-0.3, -0.25) is 9.59 Å². The van der Waals surface area contributed by atoms with Crippen LogP contribution in [-0.2, 0) is 9.59 Å². The minimum Gasteiger partial charge on any atom is -0.494 e. The Balaban J connectivity index is 1.71. The number of ether oxygens (including phenoxy) is 2. The number of halogens is 1. The number of benzene rings is 3. The van der Waals surface area contributed by atoms with E-state index >= 15 is 0 Å². The van der Waals surface area contributed by atoms with E-state index in [1.165, 1.54) is 14.2 Å². The van der Waals surface area contributed by atoms with E-state index in [-0.39, 0.29) is 18.2 Å². The Morgan fingerprint density at radius 3 is 2.27 bits per heavy atom. The monoisotopic (exact) mass is 465 g/mol. The van der Waals surface area contributed by atoms with Crippen LogP contribution in [0.15, 0.2) is 66.7 Å². The molecule has 0 bridgehead atoms. The number of anilines is 4. The average molecular weight is 466 g/mol. The maximum atomic E-state index is 13.4. The molecule has 0 saturated carbocycles. The third-order valence-corrected chi connectivity index (χ3v) is 5.83. The van der Waals surface area contributed by atoms with E-state index in [0.717, 1.165) is 17.1 Å². The number of rotatable bonds is 6. The number of fused-ring (bicyclic) bond motifs is 1. The second-order valence-corrected chi connectivity index (χ2v) is 7.98. The Morgan fingerprint density at radius 1 is 0.970 bits per heavy atom.